The molecule has 0 aromatic heterocycles. The van der Waals surface area contributed by atoms with Gasteiger partial charge in [0.25, 0.3) is 5.69 Å². The first-order chi connectivity index (χ1) is 8.66. The van der Waals surface area contributed by atoms with Gasteiger partial charge in [-0.1, -0.05) is 0 Å². The summed E-state index contributed by atoms with van der Waals surface area (Å²) in [4.78, 5) is 20.4. The van der Waals surface area contributed by atoms with E-state index in [-0.39, 0.29) is 0 Å². The standard InChI is InChI=1S/C9H6F4N2O4/c10-7(11)9(12,13)8(17)14-5-2-1-4(16)3-6(5)15(18)19/h1-3,7,16H,(H,14,17). The Morgan fingerprint density at radius 3 is 2.47 bits per heavy atom. The lowest BCUT2D eigenvalue weighted by atomic mass is 10.2. The van der Waals surface area contributed by atoms with Crippen LogP contribution in [0, 0.1) is 10.1 Å². The predicted octanol–water partition coefficient (Wildman–Crippen LogP) is 2.14. The van der Waals surface area contributed by atoms with Gasteiger partial charge >= 0.3 is 18.3 Å². The Morgan fingerprint density at radius 1 is 1.42 bits per heavy atom. The predicted molar refractivity (Wildman–Crippen MR) is 54.3 cm³/mol. The molecule has 104 valence electrons. The first-order valence-electron chi connectivity index (χ1n) is 4.61. The molecule has 0 heterocycles. The van der Waals surface area contributed by atoms with Crippen LogP contribution in [-0.4, -0.2) is 28.3 Å². The highest BCUT2D eigenvalue weighted by molar-refractivity contribution is 5.98. The van der Waals surface area contributed by atoms with Crippen LogP contribution in [-0.2, 0) is 4.79 Å². The molecule has 1 aromatic carbocycles. The van der Waals surface area contributed by atoms with E-state index in [2.05, 4.69) is 0 Å². The molecule has 0 unspecified atom stereocenters. The average molecular weight is 282 g/mol. The van der Waals surface area contributed by atoms with E-state index in [1.165, 1.54) is 5.32 Å². The number of anilines is 1. The van der Waals surface area contributed by atoms with Crippen molar-refractivity contribution in [3.63, 3.8) is 0 Å². The Bertz CT molecular complexity index is 521. The average Bonchev–Trinajstić information content (AvgIpc) is 2.30. The van der Waals surface area contributed by atoms with Crippen LogP contribution in [0.3, 0.4) is 0 Å². The fourth-order valence-electron chi connectivity index (χ4n) is 1.08. The number of halogens is 4. The minimum Gasteiger partial charge on any atom is -0.508 e. The molecule has 0 aliphatic carbocycles. The third-order valence-corrected chi connectivity index (χ3v) is 2.00. The van der Waals surface area contributed by atoms with E-state index in [0.717, 1.165) is 12.1 Å². The van der Waals surface area contributed by atoms with E-state index in [0.29, 0.717) is 6.07 Å². The molecule has 0 aliphatic heterocycles. The molecule has 1 rings (SSSR count). The number of rotatable bonds is 4. The lowest BCUT2D eigenvalue weighted by Gasteiger charge is -2.14. The lowest BCUT2D eigenvalue weighted by Crippen LogP contribution is -2.41. The van der Waals surface area contributed by atoms with Gasteiger partial charge in [-0.2, -0.15) is 8.78 Å². The molecule has 1 aromatic rings. The number of nitro benzene ring substituents is 1. The quantitative estimate of drug-likeness (QED) is 0.383. The van der Waals surface area contributed by atoms with Crippen molar-refractivity contribution in [2.24, 2.45) is 0 Å². The summed E-state index contributed by atoms with van der Waals surface area (Å²) >= 11 is 0. The normalized spacial score (nSPS) is 11.4. The third kappa shape index (κ3) is 3.09. The van der Waals surface area contributed by atoms with Crippen LogP contribution in [0.1, 0.15) is 0 Å². The molecule has 0 aliphatic rings. The highest BCUT2D eigenvalue weighted by Crippen LogP contribution is 2.31. The molecule has 2 N–H and O–H groups in total. The zero-order chi connectivity index (χ0) is 14.8. The van der Waals surface area contributed by atoms with Crippen molar-refractivity contribution in [1.82, 2.24) is 0 Å². The first-order valence-corrected chi connectivity index (χ1v) is 4.61. The largest absolute Gasteiger partial charge is 0.508 e. The number of amides is 1. The van der Waals surface area contributed by atoms with E-state index in [1.54, 1.807) is 0 Å². The van der Waals surface area contributed by atoms with Gasteiger partial charge in [0.2, 0.25) is 0 Å². The molecule has 0 saturated heterocycles. The Kier molecular flexibility index (Phi) is 3.92. The summed E-state index contributed by atoms with van der Waals surface area (Å²) in [6.07, 6.45) is -4.25. The van der Waals surface area contributed by atoms with Crippen molar-refractivity contribution in [3.8, 4) is 5.75 Å². The molecule has 6 nitrogen and oxygen atoms in total. The Balaban J connectivity index is 3.07. The molecule has 1 amide bonds. The monoisotopic (exact) mass is 282 g/mol. The van der Waals surface area contributed by atoms with Crippen LogP contribution >= 0.6 is 0 Å². The van der Waals surface area contributed by atoms with Crippen molar-refractivity contribution in [2.75, 3.05) is 5.32 Å². The Morgan fingerprint density at radius 2 is 2.00 bits per heavy atom. The SMILES string of the molecule is O=C(Nc1ccc(O)cc1[N+](=O)[O-])C(F)(F)C(F)F. The smallest absolute Gasteiger partial charge is 0.383 e. The van der Waals surface area contributed by atoms with Crippen LogP contribution < -0.4 is 5.32 Å². The number of hydrogen-bond acceptors (Lipinski definition) is 4. The number of nitrogens with one attached hydrogen (secondary N) is 1. The summed E-state index contributed by atoms with van der Waals surface area (Å²) in [6, 6.07) is 2.19. The van der Waals surface area contributed by atoms with Gasteiger partial charge in [0, 0.05) is 0 Å². The minimum atomic E-state index is -4.98. The summed E-state index contributed by atoms with van der Waals surface area (Å²) in [7, 11) is 0. The molecule has 19 heavy (non-hydrogen) atoms. The maximum absolute atomic E-state index is 12.7. The van der Waals surface area contributed by atoms with E-state index in [9.17, 15) is 32.5 Å². The highest BCUT2D eigenvalue weighted by atomic mass is 19.3. The van der Waals surface area contributed by atoms with Crippen LogP contribution in [0.2, 0.25) is 0 Å². The molecule has 0 bridgehead atoms. The maximum atomic E-state index is 12.7. The van der Waals surface area contributed by atoms with E-state index < -0.39 is 40.3 Å². The molecular formula is C9H6F4N2O4. The van der Waals surface area contributed by atoms with Gasteiger partial charge in [-0.3, -0.25) is 14.9 Å². The van der Waals surface area contributed by atoms with Gasteiger partial charge in [0.1, 0.15) is 11.4 Å². The zero-order valence-electron chi connectivity index (χ0n) is 8.94. The van der Waals surface area contributed by atoms with Crippen molar-refractivity contribution < 1.29 is 32.4 Å². The fraction of sp³-hybridized carbons (Fsp3) is 0.222. The first kappa shape index (κ1) is 14.7. The van der Waals surface area contributed by atoms with E-state index >= 15 is 0 Å². The van der Waals surface area contributed by atoms with Crippen LogP contribution in [0.25, 0.3) is 0 Å². The molecule has 0 spiro atoms. The summed E-state index contributed by atoms with van der Waals surface area (Å²) < 4.78 is 49.1. The summed E-state index contributed by atoms with van der Waals surface area (Å²) in [5.41, 5.74) is -1.63. The van der Waals surface area contributed by atoms with Gasteiger partial charge in [-0.25, -0.2) is 8.78 Å². The maximum Gasteiger partial charge on any atom is 0.383 e. The number of benzene rings is 1. The number of carbonyl (C=O) groups is 1. The van der Waals surface area contributed by atoms with Crippen molar-refractivity contribution in [2.45, 2.75) is 12.3 Å². The number of hydrogen-bond donors (Lipinski definition) is 2. The number of phenols is 1. The second kappa shape index (κ2) is 5.08. The third-order valence-electron chi connectivity index (χ3n) is 2.00. The topological polar surface area (TPSA) is 92.5 Å². The number of nitrogens with zero attached hydrogens (tertiary/aromatic N) is 1. The number of nitro groups is 1. The molecule has 0 radical (unpaired) electrons. The molecule has 0 saturated carbocycles. The lowest BCUT2D eigenvalue weighted by molar-refractivity contribution is -0.384. The summed E-state index contributed by atoms with van der Waals surface area (Å²) in [5, 5.41) is 20.8. The van der Waals surface area contributed by atoms with Gasteiger partial charge in [-0.05, 0) is 12.1 Å². The van der Waals surface area contributed by atoms with Crippen LogP contribution in [0.4, 0.5) is 28.9 Å². The number of alkyl halides is 4. The van der Waals surface area contributed by atoms with Gasteiger partial charge < -0.3 is 10.4 Å². The Hall–Kier alpha value is -2.39. The van der Waals surface area contributed by atoms with E-state index in [1.807, 2.05) is 0 Å². The van der Waals surface area contributed by atoms with Gasteiger partial charge in [0.15, 0.2) is 0 Å². The zero-order valence-corrected chi connectivity index (χ0v) is 8.94. The van der Waals surface area contributed by atoms with E-state index in [4.69, 9.17) is 5.11 Å². The second-order valence-corrected chi connectivity index (χ2v) is 3.34. The number of phenolic OH excluding ortho intramolecular Hbond substituents is 1. The van der Waals surface area contributed by atoms with Crippen LogP contribution in [0.5, 0.6) is 5.75 Å². The summed E-state index contributed by atoms with van der Waals surface area (Å²) in [5.74, 6) is -7.91. The minimum absolute atomic E-state index is 0.551. The van der Waals surface area contributed by atoms with Gasteiger partial charge in [-0.15, -0.1) is 0 Å². The summed E-state index contributed by atoms with van der Waals surface area (Å²) in [6.45, 7) is 0. The molecule has 0 fully saturated rings. The molecule has 10 heteroatoms. The fourth-order valence-corrected chi connectivity index (χ4v) is 1.08. The van der Waals surface area contributed by atoms with Crippen molar-refractivity contribution in [1.29, 1.82) is 0 Å². The van der Waals surface area contributed by atoms with Crippen molar-refractivity contribution in [3.05, 3.63) is 28.3 Å². The number of carbonyl (C=O) groups excluding carboxylic acids is 1. The number of aromatic hydroxyl groups is 1. The Labute approximate surface area is 102 Å². The van der Waals surface area contributed by atoms with Gasteiger partial charge in [0.05, 0.1) is 11.0 Å². The van der Waals surface area contributed by atoms with Crippen LogP contribution in [0.15, 0.2) is 18.2 Å². The molecule has 0 atom stereocenters. The highest BCUT2D eigenvalue weighted by Gasteiger charge is 2.49. The van der Waals surface area contributed by atoms with Crippen molar-refractivity contribution >= 4 is 17.3 Å². The second-order valence-electron chi connectivity index (χ2n) is 3.34. The molecular weight excluding hydrogens is 276 g/mol.